The fraction of sp³-hybridized carbons (Fsp3) is 0.458. The lowest BCUT2D eigenvalue weighted by atomic mass is 10.0. The molecule has 0 saturated carbocycles. The fourth-order valence-electron chi connectivity index (χ4n) is 7.69. The molecule has 3 fully saturated rings. The highest BCUT2D eigenvalue weighted by Gasteiger charge is 2.35. The number of carboxylic acid groups (broad SMARTS) is 2. The molecule has 12 amide bonds. The molecule has 5 rings (SSSR count). The Kier molecular flexibility index (Phi) is 23.8. The van der Waals surface area contributed by atoms with E-state index in [-0.39, 0.29) is 54.9 Å². The summed E-state index contributed by atoms with van der Waals surface area (Å²) in [5.74, 6) is -15.9. The molecular weight excluding hydrogens is 1030 g/mol. The summed E-state index contributed by atoms with van der Waals surface area (Å²) in [4.78, 5) is 186. The summed E-state index contributed by atoms with van der Waals surface area (Å²) in [7, 11) is 0. The highest BCUT2D eigenvalue weighted by atomic mass is 32.2. The first-order valence-corrected chi connectivity index (χ1v) is 25.3. The van der Waals surface area contributed by atoms with Gasteiger partial charge in [0.2, 0.25) is 70.9 Å². The van der Waals surface area contributed by atoms with Crippen LogP contribution in [0.15, 0.2) is 54.6 Å². The Morgan fingerprint density at radius 3 is 1.74 bits per heavy atom. The summed E-state index contributed by atoms with van der Waals surface area (Å²) < 4.78 is 0. The minimum atomic E-state index is -2.07. The van der Waals surface area contributed by atoms with Gasteiger partial charge in [0, 0.05) is 31.6 Å². The maximum absolute atomic E-state index is 14.1. The smallest absolute Gasteiger partial charge is 0.335 e. The molecule has 0 radical (unpaired) electrons. The minimum Gasteiger partial charge on any atom is -0.481 e. The van der Waals surface area contributed by atoms with Crippen LogP contribution < -0.4 is 64.6 Å². The Morgan fingerprint density at radius 1 is 0.558 bits per heavy atom. The molecule has 416 valence electrons. The van der Waals surface area contributed by atoms with E-state index in [0.717, 1.165) is 11.8 Å². The van der Waals surface area contributed by atoms with Gasteiger partial charge in [-0.05, 0) is 55.9 Å². The van der Waals surface area contributed by atoms with Crippen molar-refractivity contribution >= 4 is 94.6 Å². The van der Waals surface area contributed by atoms with Crippen molar-refractivity contribution in [2.24, 2.45) is 11.5 Å². The van der Waals surface area contributed by atoms with Gasteiger partial charge in [-0.2, -0.15) is 0 Å². The Balaban J connectivity index is 1.78. The molecule has 3 saturated heterocycles. The number of fused-ring (bicyclic) bond motifs is 33. The predicted octanol–water partition coefficient (Wildman–Crippen LogP) is -5.15. The molecular formula is C48H62N12O16S. The molecule has 3 aliphatic rings. The molecule has 77 heavy (non-hydrogen) atoms. The number of aromatic carboxylic acids is 1. The van der Waals surface area contributed by atoms with E-state index in [9.17, 15) is 77.3 Å². The number of amides is 12. The number of nitrogens with two attached hydrogens (primary N) is 2. The van der Waals surface area contributed by atoms with Crippen molar-refractivity contribution in [1.29, 1.82) is 0 Å². The normalized spacial score (nSPS) is 24.8. The number of nitrogens with one attached hydrogen (secondary N) is 10. The monoisotopic (exact) mass is 1090 g/mol. The minimum absolute atomic E-state index is 0.00762. The molecule has 0 aromatic heterocycles. The number of hydrogen-bond acceptors (Lipinski definition) is 15. The Hall–Kier alpha value is -8.63. The average Bonchev–Trinajstić information content (AvgIpc) is 3.36. The molecule has 2 aromatic rings. The number of carboxylic acids is 2. The van der Waals surface area contributed by atoms with Gasteiger partial charge in [-0.15, -0.1) is 11.8 Å². The molecule has 3 heterocycles. The van der Waals surface area contributed by atoms with Crippen LogP contribution in [0.1, 0.15) is 73.4 Å². The van der Waals surface area contributed by atoms with Crippen LogP contribution in [0.2, 0.25) is 0 Å². The maximum Gasteiger partial charge on any atom is 0.335 e. The Morgan fingerprint density at radius 2 is 1.12 bits per heavy atom. The lowest BCUT2D eigenvalue weighted by molar-refractivity contribution is -0.142. The van der Waals surface area contributed by atoms with E-state index in [0.29, 0.717) is 5.56 Å². The first kappa shape index (κ1) is 60.9. The zero-order valence-electron chi connectivity index (χ0n) is 41.7. The zero-order valence-corrected chi connectivity index (χ0v) is 42.5. The number of aliphatic carboxylic acids is 1. The molecule has 0 unspecified atom stereocenters. The molecule has 3 aliphatic heterocycles. The quantitative estimate of drug-likeness (QED) is 0.0990. The largest absolute Gasteiger partial charge is 0.481 e. The maximum atomic E-state index is 14.1. The van der Waals surface area contributed by atoms with Gasteiger partial charge < -0.3 is 74.8 Å². The standard InChI is InChI=1S/C48H62N12O16S/c1-24-41(68)52-21-37(63)55-30(18-26-10-12-27(13-11-26)48(75)76)45(72)59-33(20-39(65)66)47(74)58-32(19-35(49)61)46(73)56-29-14-15-36(62)51-16-6-5-9-28(54-38(64)23-77-22-34(40(50)67)60-43(29)70)42(69)57-31(44(71)53-24)17-25-7-3-2-4-8-25/h2-4,7-8,10-13,24,28-34H,5-6,9,14-23H2,1H3,(H2,49,61)(H2,50,67)(H,51,62)(H,52,68)(H,53,71)(H,54,64)(H,55,63)(H,56,73)(H,57,69)(H,58,74)(H,59,72)(H,60,70)(H,65,66)(H,75,76)/t24-,28-,29-,30+,31-,32-,33-,34-/m0/s1. The summed E-state index contributed by atoms with van der Waals surface area (Å²) >= 11 is 0.816. The van der Waals surface area contributed by atoms with E-state index in [2.05, 4.69) is 53.2 Å². The molecule has 2 bridgehead atoms. The van der Waals surface area contributed by atoms with Gasteiger partial charge >= 0.3 is 11.9 Å². The van der Waals surface area contributed by atoms with Crippen LogP contribution in [0.3, 0.4) is 0 Å². The number of hydrogen-bond donors (Lipinski definition) is 14. The van der Waals surface area contributed by atoms with Crippen molar-refractivity contribution in [3.8, 4) is 0 Å². The Bertz CT molecular complexity index is 2550. The van der Waals surface area contributed by atoms with Gasteiger partial charge in [-0.25, -0.2) is 4.79 Å². The fourth-order valence-corrected chi connectivity index (χ4v) is 8.56. The van der Waals surface area contributed by atoms with Crippen LogP contribution in [0.4, 0.5) is 0 Å². The molecule has 2 aromatic carbocycles. The van der Waals surface area contributed by atoms with Gasteiger partial charge in [0.15, 0.2) is 0 Å². The summed E-state index contributed by atoms with van der Waals surface area (Å²) in [6.07, 6.45) is -3.11. The third-order valence-corrected chi connectivity index (χ3v) is 12.8. The first-order valence-electron chi connectivity index (χ1n) is 24.2. The predicted molar refractivity (Wildman–Crippen MR) is 270 cm³/mol. The summed E-state index contributed by atoms with van der Waals surface area (Å²) in [6, 6.07) is 0.477. The van der Waals surface area contributed by atoms with E-state index >= 15 is 0 Å². The van der Waals surface area contributed by atoms with Crippen LogP contribution in [0.5, 0.6) is 0 Å². The summed E-state index contributed by atoms with van der Waals surface area (Å²) in [5, 5.41) is 43.3. The van der Waals surface area contributed by atoms with Crippen LogP contribution in [-0.4, -0.2) is 166 Å². The second-order valence-corrected chi connectivity index (χ2v) is 19.0. The van der Waals surface area contributed by atoms with Gasteiger partial charge in [-0.3, -0.25) is 62.3 Å². The number of rotatable bonds is 10. The molecule has 8 atom stereocenters. The van der Waals surface area contributed by atoms with Gasteiger partial charge in [0.1, 0.15) is 48.3 Å². The SMILES string of the molecule is C[C@@H]1NC(=O)[C@H](Cc2ccccc2)NC(=O)[C@@H]2CCCCNC(=O)CC[C@H](NC(=O)[C@H](CC(N)=O)NC(=O)[C@H](CC(=O)O)NC(=O)[C@@H](Cc3ccc(C(=O)O)cc3)NC(=O)CNC1=O)C(=O)N[C@H](C(N)=O)CSCC(=O)N2. The second-order valence-electron chi connectivity index (χ2n) is 18.0. The summed E-state index contributed by atoms with van der Waals surface area (Å²) in [6.45, 7) is 0.456. The average molecular weight is 1100 g/mol. The van der Waals surface area contributed by atoms with Crippen molar-refractivity contribution in [3.63, 3.8) is 0 Å². The molecule has 0 spiro atoms. The van der Waals surface area contributed by atoms with Crippen LogP contribution in [-0.2, 0) is 75.2 Å². The topological polar surface area (TPSA) is 452 Å². The third kappa shape index (κ3) is 20.9. The van der Waals surface area contributed by atoms with Gasteiger partial charge in [-0.1, -0.05) is 42.5 Å². The number of benzene rings is 2. The van der Waals surface area contributed by atoms with Crippen molar-refractivity contribution in [2.45, 2.75) is 113 Å². The van der Waals surface area contributed by atoms with Crippen molar-refractivity contribution in [2.75, 3.05) is 24.6 Å². The van der Waals surface area contributed by atoms with Crippen LogP contribution >= 0.6 is 11.8 Å². The van der Waals surface area contributed by atoms with Crippen molar-refractivity contribution in [3.05, 3.63) is 71.3 Å². The number of carbonyl (C=O) groups excluding carboxylic acids is 12. The van der Waals surface area contributed by atoms with Crippen molar-refractivity contribution < 1.29 is 77.3 Å². The van der Waals surface area contributed by atoms with Gasteiger partial charge in [0.05, 0.1) is 30.7 Å². The molecule has 29 heteroatoms. The number of thioether (sulfide) groups is 1. The highest BCUT2D eigenvalue weighted by Crippen LogP contribution is 2.12. The Labute approximate surface area is 444 Å². The number of carbonyl (C=O) groups is 14. The lowest BCUT2D eigenvalue weighted by Crippen LogP contribution is -2.60. The first-order chi connectivity index (χ1) is 36.5. The van der Waals surface area contributed by atoms with Crippen molar-refractivity contribution in [1.82, 2.24) is 53.2 Å². The van der Waals surface area contributed by atoms with E-state index in [1.54, 1.807) is 30.3 Å². The third-order valence-electron chi connectivity index (χ3n) is 11.8. The van der Waals surface area contributed by atoms with E-state index in [1.807, 2.05) is 0 Å². The van der Waals surface area contributed by atoms with Gasteiger partial charge in [0.25, 0.3) is 0 Å². The van der Waals surface area contributed by atoms with E-state index in [4.69, 9.17) is 11.5 Å². The summed E-state index contributed by atoms with van der Waals surface area (Å²) in [5.41, 5.74) is 11.7. The second kappa shape index (κ2) is 30.1. The molecule has 28 nitrogen and oxygen atoms in total. The van der Waals surface area contributed by atoms with Crippen LogP contribution in [0.25, 0.3) is 0 Å². The van der Waals surface area contributed by atoms with Crippen LogP contribution in [0, 0.1) is 0 Å². The van der Waals surface area contributed by atoms with E-state index < -0.39 is 170 Å². The highest BCUT2D eigenvalue weighted by molar-refractivity contribution is 8.00. The molecule has 0 aliphatic carbocycles. The van der Waals surface area contributed by atoms with E-state index in [1.165, 1.54) is 31.2 Å². The zero-order chi connectivity index (χ0) is 56.8. The lowest BCUT2D eigenvalue weighted by Gasteiger charge is -2.26. The number of primary amides is 2. The molecule has 16 N–H and O–H groups in total.